The summed E-state index contributed by atoms with van der Waals surface area (Å²) in [4.78, 5) is 45.3. The third-order valence-electron chi connectivity index (χ3n) is 12.2. The number of carbonyl (C=O) groups is 3. The molecule has 298 valence electrons. The second kappa shape index (κ2) is 16.3. The van der Waals surface area contributed by atoms with Gasteiger partial charge in [-0.05, 0) is 112 Å². The minimum absolute atomic E-state index is 0.0289. The van der Waals surface area contributed by atoms with Crippen LogP contribution in [0.25, 0.3) is 0 Å². The predicted octanol–water partition coefficient (Wildman–Crippen LogP) is 6.85. The van der Waals surface area contributed by atoms with Crippen LogP contribution in [0.15, 0.2) is 52.9 Å². The quantitative estimate of drug-likeness (QED) is 0.326. The molecule has 5 aliphatic rings. The average Bonchev–Trinajstić information content (AvgIpc) is 3.27. The van der Waals surface area contributed by atoms with Crippen molar-refractivity contribution in [1.82, 2.24) is 14.5 Å². The molecule has 0 aromatic heterocycles. The third kappa shape index (κ3) is 8.34. The Morgan fingerprint density at radius 3 is 2.65 bits per heavy atom. The van der Waals surface area contributed by atoms with E-state index in [9.17, 15) is 18.6 Å². The lowest BCUT2D eigenvalue weighted by Gasteiger charge is -2.46. The van der Waals surface area contributed by atoms with Gasteiger partial charge in [0, 0.05) is 49.3 Å². The monoisotopic (exact) mass is 795 g/mol. The minimum atomic E-state index is -3.58. The molecular weight excluding hydrogens is 742 g/mol. The van der Waals surface area contributed by atoms with Gasteiger partial charge in [0.15, 0.2) is 0 Å². The summed E-state index contributed by atoms with van der Waals surface area (Å²) in [6.45, 7) is 8.97. The van der Waals surface area contributed by atoms with E-state index in [4.69, 9.17) is 25.8 Å². The molecular formula is C41H54ClN5O7S. The van der Waals surface area contributed by atoms with Crippen molar-refractivity contribution >= 4 is 45.2 Å². The zero-order valence-corrected chi connectivity index (χ0v) is 33.9. The Balaban J connectivity index is 1.20. The largest absolute Gasteiger partial charge is 0.490 e. The zero-order valence-electron chi connectivity index (χ0n) is 32.3. The molecule has 3 aliphatic heterocycles. The van der Waals surface area contributed by atoms with Crippen LogP contribution >= 0.6 is 11.6 Å². The molecule has 14 heteroatoms. The van der Waals surface area contributed by atoms with Crippen molar-refractivity contribution < 1.29 is 32.8 Å². The van der Waals surface area contributed by atoms with Gasteiger partial charge in [-0.1, -0.05) is 36.7 Å². The number of allylic oxidation sites excluding steroid dienone is 1. The lowest BCUT2D eigenvalue weighted by molar-refractivity contribution is -0.00662. The van der Waals surface area contributed by atoms with E-state index in [1.165, 1.54) is 16.0 Å². The molecule has 1 spiro atoms. The number of carbonyl (C=O) groups excluding carboxylic acids is 3. The van der Waals surface area contributed by atoms with E-state index in [1.54, 1.807) is 18.1 Å². The Bertz CT molecular complexity index is 1940. The van der Waals surface area contributed by atoms with Crippen molar-refractivity contribution in [2.45, 2.75) is 76.9 Å². The highest BCUT2D eigenvalue weighted by Gasteiger charge is 2.44. The number of ether oxygens (including phenoxy) is 3. The first kappa shape index (κ1) is 39.4. The number of halogens is 1. The van der Waals surface area contributed by atoms with Crippen LogP contribution in [0.3, 0.4) is 0 Å². The standard InChI is InChI=1S/C41H54ClN5O7S/c1-5-45(6-2)40(50)54-32-22-46(23-32)39(49)44-55(51)24-27(3)9-7-11-36(52-4)33-15-12-30(33)21-47-25-41(18-8-10-28-19-31(42)14-16-34(28)41)26-53-37-17-13-29(20-35(37)47)38(48)43-55/h7,11,13-14,16-17,19-20,27,30,32-33,36H,5-6,8-10,12,15,18,21-26H2,1-4H3,(H,43,44,48,49,51)/b11-7-/t27-,30-,33+,36-,41-,55?/m0/s1. The number of hydrogen-bond donors (Lipinski definition) is 1. The minimum Gasteiger partial charge on any atom is -0.490 e. The Morgan fingerprint density at radius 1 is 1.13 bits per heavy atom. The number of benzene rings is 2. The number of hydrogen-bond acceptors (Lipinski definition) is 8. The molecule has 2 aliphatic carbocycles. The number of anilines is 1. The van der Waals surface area contributed by atoms with Crippen molar-refractivity contribution in [2.24, 2.45) is 22.1 Å². The average molecular weight is 796 g/mol. The summed E-state index contributed by atoms with van der Waals surface area (Å²) in [5.41, 5.74) is 3.31. The van der Waals surface area contributed by atoms with E-state index in [0.717, 1.165) is 49.4 Å². The highest BCUT2D eigenvalue weighted by Crippen LogP contribution is 2.47. The number of amides is 4. The highest BCUT2D eigenvalue weighted by atomic mass is 35.5. The van der Waals surface area contributed by atoms with Crippen LogP contribution in [-0.4, -0.2) is 103 Å². The summed E-state index contributed by atoms with van der Waals surface area (Å²) < 4.78 is 39.8. The summed E-state index contributed by atoms with van der Waals surface area (Å²) in [5, 5.41) is 0.731. The lowest BCUT2D eigenvalue weighted by Crippen LogP contribution is -2.59. The SMILES string of the molecule is CCN(CC)C(=O)OC1CN(C(=O)NS2(=O)=NC(=O)c3ccc4c(c3)N(C[C@@H]3CC[C@H]3[C@@H](OC)/C=C\C[C@H](C)C2)C[C@@]2(CCCc3cc(Cl)ccc32)CO4)C1. The third-order valence-corrected chi connectivity index (χ3v) is 14.4. The van der Waals surface area contributed by atoms with Gasteiger partial charge in [0.05, 0.1) is 37.2 Å². The van der Waals surface area contributed by atoms with E-state index in [1.807, 2.05) is 39.0 Å². The molecule has 2 bridgehead atoms. The fourth-order valence-electron chi connectivity index (χ4n) is 8.95. The Kier molecular flexibility index (Phi) is 11.7. The van der Waals surface area contributed by atoms with E-state index in [2.05, 4.69) is 38.3 Å². The maximum absolute atomic E-state index is 14.6. The van der Waals surface area contributed by atoms with Gasteiger partial charge < -0.3 is 28.9 Å². The predicted molar refractivity (Wildman–Crippen MR) is 213 cm³/mol. The molecule has 4 amide bonds. The normalized spacial score (nSPS) is 29.9. The van der Waals surface area contributed by atoms with Gasteiger partial charge in [-0.2, -0.15) is 0 Å². The molecule has 3 heterocycles. The van der Waals surface area contributed by atoms with Gasteiger partial charge in [0.2, 0.25) is 0 Å². The number of rotatable bonds is 5. The summed E-state index contributed by atoms with van der Waals surface area (Å²) in [6, 6.07) is 10.9. The first-order valence-electron chi connectivity index (χ1n) is 19.7. The van der Waals surface area contributed by atoms with Gasteiger partial charge in [0.1, 0.15) is 21.8 Å². The Hall–Kier alpha value is -3.81. The fourth-order valence-corrected chi connectivity index (χ4v) is 11.0. The number of aryl methyl sites for hydroxylation is 1. The van der Waals surface area contributed by atoms with Crippen molar-refractivity contribution in [1.29, 1.82) is 0 Å². The van der Waals surface area contributed by atoms with Crippen LogP contribution in [0.1, 0.15) is 74.4 Å². The summed E-state index contributed by atoms with van der Waals surface area (Å²) >= 11 is 6.46. The molecule has 1 saturated carbocycles. The van der Waals surface area contributed by atoms with Crippen LogP contribution in [-0.2, 0) is 31.2 Å². The van der Waals surface area contributed by atoms with Crippen molar-refractivity contribution in [2.75, 3.05) is 63.6 Å². The summed E-state index contributed by atoms with van der Waals surface area (Å²) in [5.74, 6) is 0.500. The van der Waals surface area contributed by atoms with Crippen molar-refractivity contribution in [3.8, 4) is 5.75 Å². The highest BCUT2D eigenvalue weighted by molar-refractivity contribution is 7.92. The maximum atomic E-state index is 14.6. The number of fused-ring (bicyclic) bond motifs is 4. The van der Waals surface area contributed by atoms with Gasteiger partial charge in [0.25, 0.3) is 5.91 Å². The summed E-state index contributed by atoms with van der Waals surface area (Å²) in [6.07, 6.45) is 8.83. The van der Waals surface area contributed by atoms with E-state index >= 15 is 0 Å². The number of methoxy groups -OCH3 is 1. The molecule has 0 radical (unpaired) electrons. The first-order chi connectivity index (χ1) is 26.4. The molecule has 6 atom stereocenters. The van der Waals surface area contributed by atoms with Crippen molar-refractivity contribution in [3.63, 3.8) is 0 Å². The van der Waals surface area contributed by atoms with Crippen LogP contribution in [0, 0.1) is 17.8 Å². The smallest absolute Gasteiger partial charge is 0.410 e. The Labute approximate surface area is 330 Å². The molecule has 1 N–H and O–H groups in total. The number of nitrogens with one attached hydrogen (secondary N) is 1. The maximum Gasteiger partial charge on any atom is 0.410 e. The number of nitrogens with zero attached hydrogens (tertiary/aromatic N) is 4. The molecule has 12 nitrogen and oxygen atoms in total. The van der Waals surface area contributed by atoms with Crippen LogP contribution in [0.5, 0.6) is 5.75 Å². The van der Waals surface area contributed by atoms with Crippen LogP contribution in [0.4, 0.5) is 15.3 Å². The van der Waals surface area contributed by atoms with Crippen LogP contribution in [0.2, 0.25) is 5.02 Å². The topological polar surface area (TPSA) is 130 Å². The Morgan fingerprint density at radius 2 is 1.93 bits per heavy atom. The van der Waals surface area contributed by atoms with E-state index in [0.29, 0.717) is 50.2 Å². The second-order valence-corrected chi connectivity index (χ2v) is 18.4. The second-order valence-electron chi connectivity index (χ2n) is 16.0. The number of urea groups is 1. The molecule has 7 rings (SSSR count). The zero-order chi connectivity index (χ0) is 38.9. The first-order valence-corrected chi connectivity index (χ1v) is 21.8. The fraction of sp³-hybridized carbons (Fsp3) is 0.585. The molecule has 55 heavy (non-hydrogen) atoms. The number of likely N-dealkylation sites (tertiary alicyclic amines) is 1. The van der Waals surface area contributed by atoms with Gasteiger partial charge >= 0.3 is 12.1 Å². The van der Waals surface area contributed by atoms with E-state index in [-0.39, 0.29) is 41.8 Å². The molecule has 1 unspecified atom stereocenters. The molecule has 1 saturated heterocycles. The van der Waals surface area contributed by atoms with Gasteiger partial charge in [-0.3, -0.25) is 9.52 Å². The summed E-state index contributed by atoms with van der Waals surface area (Å²) in [7, 11) is -1.82. The lowest BCUT2D eigenvalue weighted by atomic mass is 9.68. The molecule has 2 aromatic carbocycles. The van der Waals surface area contributed by atoms with Gasteiger partial charge in [-0.15, -0.1) is 4.36 Å². The van der Waals surface area contributed by atoms with Crippen LogP contribution < -0.4 is 14.4 Å². The molecule has 2 aromatic rings. The van der Waals surface area contributed by atoms with Gasteiger partial charge in [-0.25, -0.2) is 13.8 Å². The molecule has 2 fully saturated rings. The van der Waals surface area contributed by atoms with E-state index < -0.39 is 34.1 Å². The van der Waals surface area contributed by atoms with Crippen molar-refractivity contribution in [3.05, 3.63) is 70.3 Å².